The van der Waals surface area contributed by atoms with Crippen LogP contribution in [0.2, 0.25) is 0 Å². The monoisotopic (exact) mass is 216 g/mol. The molecule has 6 nitrogen and oxygen atoms in total. The highest BCUT2D eigenvalue weighted by molar-refractivity contribution is 5.74. The van der Waals surface area contributed by atoms with Gasteiger partial charge in [0.25, 0.3) is 5.56 Å². The van der Waals surface area contributed by atoms with Gasteiger partial charge >= 0.3 is 5.69 Å². The quantitative estimate of drug-likeness (QED) is 0.530. The number of hydrogen-bond donors (Lipinski definition) is 0. The number of aromatic nitrogens is 4. The SMILES string of the molecule is C#Cc1cc2c(=O)n(C)c(=O)n(C)c2nn1. The van der Waals surface area contributed by atoms with E-state index < -0.39 is 11.2 Å². The molecule has 2 heterocycles. The molecule has 0 aliphatic carbocycles. The van der Waals surface area contributed by atoms with Crippen molar-refractivity contribution in [1.29, 1.82) is 0 Å². The first kappa shape index (κ1) is 10.1. The van der Waals surface area contributed by atoms with Crippen LogP contribution >= 0.6 is 0 Å². The summed E-state index contributed by atoms with van der Waals surface area (Å²) in [6.07, 6.45) is 5.17. The van der Waals surface area contributed by atoms with Gasteiger partial charge in [-0.3, -0.25) is 13.9 Å². The van der Waals surface area contributed by atoms with Crippen LogP contribution < -0.4 is 11.2 Å². The van der Waals surface area contributed by atoms with E-state index in [1.54, 1.807) is 0 Å². The summed E-state index contributed by atoms with van der Waals surface area (Å²) in [4.78, 5) is 23.4. The summed E-state index contributed by atoms with van der Waals surface area (Å²) >= 11 is 0. The Morgan fingerprint density at radius 3 is 2.56 bits per heavy atom. The van der Waals surface area contributed by atoms with Gasteiger partial charge in [0.2, 0.25) is 0 Å². The molecule has 0 bridgehead atoms. The van der Waals surface area contributed by atoms with Gasteiger partial charge in [-0.05, 0) is 12.0 Å². The van der Waals surface area contributed by atoms with E-state index in [0.717, 1.165) is 4.57 Å². The van der Waals surface area contributed by atoms with Crippen LogP contribution in [0.25, 0.3) is 11.0 Å². The van der Waals surface area contributed by atoms with Gasteiger partial charge in [0.05, 0.1) is 5.39 Å². The van der Waals surface area contributed by atoms with Crippen molar-refractivity contribution >= 4 is 11.0 Å². The number of hydrogen-bond acceptors (Lipinski definition) is 4. The highest BCUT2D eigenvalue weighted by atomic mass is 16.2. The van der Waals surface area contributed by atoms with Crippen molar-refractivity contribution in [2.75, 3.05) is 0 Å². The Bertz CT molecular complexity index is 733. The molecule has 0 spiro atoms. The fraction of sp³-hybridized carbons (Fsp3) is 0.200. The minimum absolute atomic E-state index is 0.229. The molecule has 16 heavy (non-hydrogen) atoms. The molecule has 80 valence electrons. The second kappa shape index (κ2) is 3.31. The van der Waals surface area contributed by atoms with Gasteiger partial charge < -0.3 is 0 Å². The van der Waals surface area contributed by atoms with E-state index in [0.29, 0.717) is 0 Å². The van der Waals surface area contributed by atoms with Gasteiger partial charge in [0.1, 0.15) is 5.69 Å². The fourth-order valence-corrected chi connectivity index (χ4v) is 1.44. The summed E-state index contributed by atoms with van der Waals surface area (Å²) in [5.41, 5.74) is -0.375. The maximum absolute atomic E-state index is 11.8. The summed E-state index contributed by atoms with van der Waals surface area (Å²) in [5.74, 6) is 2.29. The molecule has 0 aromatic carbocycles. The van der Waals surface area contributed by atoms with E-state index in [4.69, 9.17) is 6.42 Å². The summed E-state index contributed by atoms with van der Waals surface area (Å²) < 4.78 is 2.26. The second-order valence-corrected chi connectivity index (χ2v) is 3.32. The van der Waals surface area contributed by atoms with E-state index >= 15 is 0 Å². The Hall–Kier alpha value is -2.42. The molecule has 0 N–H and O–H groups in total. The first-order chi connectivity index (χ1) is 7.56. The zero-order valence-corrected chi connectivity index (χ0v) is 8.76. The van der Waals surface area contributed by atoms with Gasteiger partial charge in [-0.1, -0.05) is 0 Å². The number of terminal acetylenes is 1. The Morgan fingerprint density at radius 2 is 1.94 bits per heavy atom. The van der Waals surface area contributed by atoms with Gasteiger partial charge in [0, 0.05) is 14.1 Å². The van der Waals surface area contributed by atoms with Gasteiger partial charge in [-0.2, -0.15) is 0 Å². The molecule has 0 amide bonds. The van der Waals surface area contributed by atoms with Crippen molar-refractivity contribution in [3.05, 3.63) is 32.6 Å². The Morgan fingerprint density at radius 1 is 1.25 bits per heavy atom. The third kappa shape index (κ3) is 1.22. The van der Waals surface area contributed by atoms with E-state index in [1.807, 2.05) is 0 Å². The molecule has 2 rings (SSSR count). The molecule has 6 heteroatoms. The van der Waals surface area contributed by atoms with Crippen molar-refractivity contribution in [3.63, 3.8) is 0 Å². The minimum Gasteiger partial charge on any atom is -0.279 e. The minimum atomic E-state index is -0.444. The highest BCUT2D eigenvalue weighted by Gasteiger charge is 2.10. The third-order valence-corrected chi connectivity index (χ3v) is 2.35. The van der Waals surface area contributed by atoms with Gasteiger partial charge in [-0.25, -0.2) is 4.79 Å². The first-order valence-electron chi connectivity index (χ1n) is 4.46. The Labute approximate surface area is 90.2 Å². The fourth-order valence-electron chi connectivity index (χ4n) is 1.44. The number of fused-ring (bicyclic) bond motifs is 1. The molecule has 0 unspecified atom stereocenters. The Kier molecular flexibility index (Phi) is 2.09. The molecular formula is C10H8N4O2. The predicted octanol–water partition coefficient (Wildman–Crippen LogP) is -0.992. The number of aryl methyl sites for hydroxylation is 1. The van der Waals surface area contributed by atoms with Crippen molar-refractivity contribution < 1.29 is 0 Å². The summed E-state index contributed by atoms with van der Waals surface area (Å²) in [7, 11) is 2.93. The van der Waals surface area contributed by atoms with E-state index in [2.05, 4.69) is 16.1 Å². The zero-order chi connectivity index (χ0) is 11.9. The van der Waals surface area contributed by atoms with Crippen LogP contribution in [0.15, 0.2) is 15.7 Å². The average Bonchev–Trinajstić information content (AvgIpc) is 2.33. The molecule has 0 atom stereocenters. The summed E-state index contributed by atoms with van der Waals surface area (Å²) in [6, 6.07) is 1.45. The van der Waals surface area contributed by atoms with Crippen molar-refractivity contribution in [2.45, 2.75) is 0 Å². The molecule has 0 saturated carbocycles. The standard InChI is InChI=1S/C10H8N4O2/c1-4-6-5-7-8(12-11-6)13(2)10(16)14(3)9(7)15/h1,5H,2-3H3. The molecule has 0 saturated heterocycles. The maximum atomic E-state index is 11.8. The molecular weight excluding hydrogens is 208 g/mol. The third-order valence-electron chi connectivity index (χ3n) is 2.35. The van der Waals surface area contributed by atoms with E-state index in [1.165, 1.54) is 24.7 Å². The molecule has 0 radical (unpaired) electrons. The van der Waals surface area contributed by atoms with E-state index in [-0.39, 0.29) is 16.7 Å². The number of rotatable bonds is 0. The molecule has 0 fully saturated rings. The molecule has 2 aromatic rings. The smallest absolute Gasteiger partial charge is 0.279 e. The predicted molar refractivity (Wildman–Crippen MR) is 58.0 cm³/mol. The van der Waals surface area contributed by atoms with Crippen LogP contribution in [0.5, 0.6) is 0 Å². The van der Waals surface area contributed by atoms with Crippen LogP contribution in [-0.2, 0) is 14.1 Å². The lowest BCUT2D eigenvalue weighted by atomic mass is 10.3. The van der Waals surface area contributed by atoms with Crippen molar-refractivity contribution in [1.82, 2.24) is 19.3 Å². The molecule has 0 aliphatic rings. The summed E-state index contributed by atoms with van der Waals surface area (Å²) in [6.45, 7) is 0. The van der Waals surface area contributed by atoms with E-state index in [9.17, 15) is 9.59 Å². The van der Waals surface area contributed by atoms with Crippen LogP contribution in [0, 0.1) is 12.3 Å². The lowest BCUT2D eigenvalue weighted by molar-refractivity contribution is 0.702. The Balaban J connectivity index is 3.11. The largest absolute Gasteiger partial charge is 0.332 e. The topological polar surface area (TPSA) is 69.8 Å². The second-order valence-electron chi connectivity index (χ2n) is 3.32. The first-order valence-corrected chi connectivity index (χ1v) is 4.46. The van der Waals surface area contributed by atoms with Crippen LogP contribution in [0.1, 0.15) is 5.69 Å². The highest BCUT2D eigenvalue weighted by Crippen LogP contribution is 2.03. The van der Waals surface area contributed by atoms with Crippen molar-refractivity contribution in [3.8, 4) is 12.3 Å². The number of nitrogens with zero attached hydrogens (tertiary/aromatic N) is 4. The molecule has 2 aromatic heterocycles. The zero-order valence-electron chi connectivity index (χ0n) is 8.76. The average molecular weight is 216 g/mol. The van der Waals surface area contributed by atoms with Crippen LogP contribution in [0.4, 0.5) is 0 Å². The normalized spacial score (nSPS) is 10.3. The lowest BCUT2D eigenvalue weighted by Crippen LogP contribution is -2.37. The lowest BCUT2D eigenvalue weighted by Gasteiger charge is -2.05. The summed E-state index contributed by atoms with van der Waals surface area (Å²) in [5, 5.41) is 7.76. The van der Waals surface area contributed by atoms with Crippen LogP contribution in [0.3, 0.4) is 0 Å². The van der Waals surface area contributed by atoms with Gasteiger partial charge in [-0.15, -0.1) is 16.6 Å². The molecule has 0 aliphatic heterocycles. The maximum Gasteiger partial charge on any atom is 0.332 e. The van der Waals surface area contributed by atoms with Crippen LogP contribution in [-0.4, -0.2) is 19.3 Å². The van der Waals surface area contributed by atoms with Gasteiger partial charge in [0.15, 0.2) is 5.65 Å². The van der Waals surface area contributed by atoms with Crippen molar-refractivity contribution in [2.24, 2.45) is 14.1 Å².